The van der Waals surface area contributed by atoms with Crippen molar-refractivity contribution in [3.63, 3.8) is 0 Å². The highest BCUT2D eigenvalue weighted by atomic mass is 16.5. The summed E-state index contributed by atoms with van der Waals surface area (Å²) in [6.45, 7) is 5.39. The second kappa shape index (κ2) is 6.78. The summed E-state index contributed by atoms with van der Waals surface area (Å²) in [7, 11) is 1.50. The SMILES string of the molecule is COc1ccc(C=O)cc1OC(C)C(=O)NC(C)C. The van der Waals surface area contributed by atoms with E-state index in [4.69, 9.17) is 9.47 Å². The minimum atomic E-state index is -0.668. The smallest absolute Gasteiger partial charge is 0.260 e. The average Bonchev–Trinajstić information content (AvgIpc) is 2.37. The summed E-state index contributed by atoms with van der Waals surface area (Å²) in [5.41, 5.74) is 0.465. The Morgan fingerprint density at radius 1 is 1.26 bits per heavy atom. The van der Waals surface area contributed by atoms with Crippen LogP contribution in [0.25, 0.3) is 0 Å². The molecule has 0 saturated heterocycles. The summed E-state index contributed by atoms with van der Waals surface area (Å²) in [5, 5.41) is 2.75. The molecule has 104 valence electrons. The molecule has 19 heavy (non-hydrogen) atoms. The summed E-state index contributed by atoms with van der Waals surface area (Å²) in [6, 6.07) is 4.84. The van der Waals surface area contributed by atoms with Gasteiger partial charge in [0.05, 0.1) is 7.11 Å². The van der Waals surface area contributed by atoms with Gasteiger partial charge in [-0.2, -0.15) is 0 Å². The lowest BCUT2D eigenvalue weighted by Gasteiger charge is -2.18. The highest BCUT2D eigenvalue weighted by molar-refractivity contribution is 5.81. The molecule has 0 aliphatic carbocycles. The zero-order valence-electron chi connectivity index (χ0n) is 11.6. The Bertz CT molecular complexity index is 457. The summed E-state index contributed by atoms with van der Waals surface area (Å²) in [5.74, 6) is 0.641. The molecule has 0 heterocycles. The molecule has 1 unspecified atom stereocenters. The van der Waals surface area contributed by atoms with Crippen LogP contribution in [0.4, 0.5) is 0 Å². The summed E-state index contributed by atoms with van der Waals surface area (Å²) in [4.78, 5) is 22.5. The predicted molar refractivity (Wildman–Crippen MR) is 71.8 cm³/mol. The number of benzene rings is 1. The van der Waals surface area contributed by atoms with Crippen molar-refractivity contribution in [1.29, 1.82) is 0 Å². The van der Waals surface area contributed by atoms with Crippen LogP contribution >= 0.6 is 0 Å². The number of ether oxygens (including phenoxy) is 2. The van der Waals surface area contributed by atoms with E-state index in [2.05, 4.69) is 5.32 Å². The largest absolute Gasteiger partial charge is 0.493 e. The molecule has 0 radical (unpaired) electrons. The number of carbonyl (C=O) groups is 2. The molecule has 0 aliphatic heterocycles. The Hall–Kier alpha value is -2.04. The first kappa shape index (κ1) is 15.0. The lowest BCUT2D eigenvalue weighted by molar-refractivity contribution is -0.127. The molecule has 0 spiro atoms. The van der Waals surface area contributed by atoms with Gasteiger partial charge in [0.25, 0.3) is 5.91 Å². The monoisotopic (exact) mass is 265 g/mol. The number of hydrogen-bond donors (Lipinski definition) is 1. The standard InChI is InChI=1S/C14H19NO4/c1-9(2)15-14(17)10(3)19-13-7-11(8-16)5-6-12(13)18-4/h5-10H,1-4H3,(H,15,17). The molecule has 1 amide bonds. The fourth-order valence-electron chi connectivity index (χ4n) is 1.50. The van der Waals surface area contributed by atoms with Gasteiger partial charge in [-0.3, -0.25) is 9.59 Å². The molecule has 0 aromatic heterocycles. The number of methoxy groups -OCH3 is 1. The topological polar surface area (TPSA) is 64.6 Å². The normalized spacial score (nSPS) is 11.8. The van der Waals surface area contributed by atoms with E-state index in [1.807, 2.05) is 13.8 Å². The lowest BCUT2D eigenvalue weighted by atomic mass is 10.2. The Morgan fingerprint density at radius 2 is 1.95 bits per heavy atom. The first-order chi connectivity index (χ1) is 8.97. The maximum absolute atomic E-state index is 11.8. The number of hydrogen-bond acceptors (Lipinski definition) is 4. The molecule has 5 nitrogen and oxygen atoms in total. The Kier molecular flexibility index (Phi) is 5.36. The third-order valence-corrected chi connectivity index (χ3v) is 2.43. The zero-order chi connectivity index (χ0) is 14.4. The molecule has 5 heteroatoms. The van der Waals surface area contributed by atoms with Gasteiger partial charge in [-0.25, -0.2) is 0 Å². The van der Waals surface area contributed by atoms with Gasteiger partial charge in [0, 0.05) is 11.6 Å². The number of aldehydes is 1. The van der Waals surface area contributed by atoms with Crippen LogP contribution in [0.2, 0.25) is 0 Å². The van der Waals surface area contributed by atoms with E-state index in [0.29, 0.717) is 23.3 Å². The van der Waals surface area contributed by atoms with Crippen LogP contribution < -0.4 is 14.8 Å². The molecule has 0 saturated carbocycles. The van der Waals surface area contributed by atoms with Crippen molar-refractivity contribution in [3.8, 4) is 11.5 Å². The molecule has 1 N–H and O–H groups in total. The minimum Gasteiger partial charge on any atom is -0.493 e. The van der Waals surface area contributed by atoms with E-state index in [1.165, 1.54) is 7.11 Å². The molecule has 0 bridgehead atoms. The maximum Gasteiger partial charge on any atom is 0.260 e. The molecule has 1 aromatic rings. The zero-order valence-corrected chi connectivity index (χ0v) is 11.6. The van der Waals surface area contributed by atoms with Crippen LogP contribution in [0, 0.1) is 0 Å². The average molecular weight is 265 g/mol. The summed E-state index contributed by atoms with van der Waals surface area (Å²) < 4.78 is 10.7. The van der Waals surface area contributed by atoms with E-state index in [9.17, 15) is 9.59 Å². The molecular weight excluding hydrogens is 246 g/mol. The van der Waals surface area contributed by atoms with Crippen LogP contribution in [-0.4, -0.2) is 31.4 Å². The van der Waals surface area contributed by atoms with Crippen molar-refractivity contribution in [2.45, 2.75) is 32.9 Å². The predicted octanol–water partition coefficient (Wildman–Crippen LogP) is 1.80. The third-order valence-electron chi connectivity index (χ3n) is 2.43. The van der Waals surface area contributed by atoms with Crippen molar-refractivity contribution in [2.24, 2.45) is 0 Å². The summed E-state index contributed by atoms with van der Waals surface area (Å²) >= 11 is 0. The third kappa shape index (κ3) is 4.28. The number of carbonyl (C=O) groups excluding carboxylic acids is 2. The highest BCUT2D eigenvalue weighted by Crippen LogP contribution is 2.28. The van der Waals surface area contributed by atoms with Crippen LogP contribution in [0.1, 0.15) is 31.1 Å². The fourth-order valence-corrected chi connectivity index (χ4v) is 1.50. The van der Waals surface area contributed by atoms with Crippen LogP contribution in [0.5, 0.6) is 11.5 Å². The second-order valence-corrected chi connectivity index (χ2v) is 4.45. The van der Waals surface area contributed by atoms with Gasteiger partial charge in [0.2, 0.25) is 0 Å². The van der Waals surface area contributed by atoms with Gasteiger partial charge >= 0.3 is 0 Å². The molecular formula is C14H19NO4. The van der Waals surface area contributed by atoms with E-state index in [1.54, 1.807) is 25.1 Å². The molecule has 0 fully saturated rings. The van der Waals surface area contributed by atoms with Gasteiger partial charge in [-0.05, 0) is 39.0 Å². The molecule has 1 rings (SSSR count). The van der Waals surface area contributed by atoms with Crippen molar-refractivity contribution >= 4 is 12.2 Å². The summed E-state index contributed by atoms with van der Waals surface area (Å²) in [6.07, 6.45) is 0.0451. The Balaban J connectivity index is 2.85. The second-order valence-electron chi connectivity index (χ2n) is 4.45. The van der Waals surface area contributed by atoms with Gasteiger partial charge in [-0.1, -0.05) is 0 Å². The van der Waals surface area contributed by atoms with Gasteiger partial charge in [0.15, 0.2) is 17.6 Å². The van der Waals surface area contributed by atoms with E-state index in [-0.39, 0.29) is 11.9 Å². The van der Waals surface area contributed by atoms with Crippen LogP contribution in [0.15, 0.2) is 18.2 Å². The van der Waals surface area contributed by atoms with E-state index in [0.717, 1.165) is 0 Å². The number of amides is 1. The minimum absolute atomic E-state index is 0.0433. The van der Waals surface area contributed by atoms with E-state index >= 15 is 0 Å². The van der Waals surface area contributed by atoms with Crippen molar-refractivity contribution in [1.82, 2.24) is 5.32 Å². The van der Waals surface area contributed by atoms with E-state index < -0.39 is 6.10 Å². The Morgan fingerprint density at radius 3 is 2.47 bits per heavy atom. The lowest BCUT2D eigenvalue weighted by Crippen LogP contribution is -2.40. The van der Waals surface area contributed by atoms with Crippen LogP contribution in [-0.2, 0) is 4.79 Å². The van der Waals surface area contributed by atoms with Crippen molar-refractivity contribution in [2.75, 3.05) is 7.11 Å². The first-order valence-corrected chi connectivity index (χ1v) is 6.08. The Labute approximate surface area is 112 Å². The van der Waals surface area contributed by atoms with Crippen molar-refractivity contribution in [3.05, 3.63) is 23.8 Å². The van der Waals surface area contributed by atoms with Gasteiger partial charge in [-0.15, -0.1) is 0 Å². The fraction of sp³-hybridized carbons (Fsp3) is 0.429. The molecule has 0 aliphatic rings. The van der Waals surface area contributed by atoms with Crippen molar-refractivity contribution < 1.29 is 19.1 Å². The number of nitrogens with one attached hydrogen (secondary N) is 1. The maximum atomic E-state index is 11.8. The molecule has 1 aromatic carbocycles. The van der Waals surface area contributed by atoms with Gasteiger partial charge in [0.1, 0.15) is 6.29 Å². The first-order valence-electron chi connectivity index (χ1n) is 6.08. The van der Waals surface area contributed by atoms with Gasteiger partial charge < -0.3 is 14.8 Å². The molecule has 1 atom stereocenters. The quantitative estimate of drug-likeness (QED) is 0.797. The highest BCUT2D eigenvalue weighted by Gasteiger charge is 2.17. The number of rotatable bonds is 6. The van der Waals surface area contributed by atoms with Crippen LogP contribution in [0.3, 0.4) is 0 Å².